The second-order valence-corrected chi connectivity index (χ2v) is 5.96. The Balaban J connectivity index is 2.55. The summed E-state index contributed by atoms with van der Waals surface area (Å²) in [6.07, 6.45) is 0.908. The van der Waals surface area contributed by atoms with Gasteiger partial charge < -0.3 is 4.74 Å². The molecule has 0 spiro atoms. The molecule has 0 bridgehead atoms. The molecule has 2 heteroatoms. The molecule has 0 fully saturated rings. The lowest BCUT2D eigenvalue weighted by Gasteiger charge is -2.24. The monoisotopic (exact) mass is 296 g/mol. The molecule has 0 amide bonds. The van der Waals surface area contributed by atoms with Crippen molar-refractivity contribution in [2.24, 2.45) is 0 Å². The van der Waals surface area contributed by atoms with E-state index in [1.54, 1.807) is 6.92 Å². The molecule has 0 atom stereocenters. The van der Waals surface area contributed by atoms with Gasteiger partial charge in [-0.2, -0.15) is 0 Å². The van der Waals surface area contributed by atoms with E-state index in [1.807, 2.05) is 6.92 Å². The summed E-state index contributed by atoms with van der Waals surface area (Å²) in [5, 5.41) is 0. The maximum Gasteiger partial charge on any atom is 0.156 e. The molecule has 1 aliphatic heterocycles. The van der Waals surface area contributed by atoms with Crippen LogP contribution in [0.1, 0.15) is 38.3 Å². The zero-order valence-electron chi connectivity index (χ0n) is 14.0. The quantitative estimate of drug-likeness (QED) is 0.597. The van der Waals surface area contributed by atoms with Gasteiger partial charge in [-0.3, -0.25) is 4.79 Å². The van der Waals surface area contributed by atoms with Crippen LogP contribution in [-0.4, -0.2) is 19.0 Å². The van der Waals surface area contributed by atoms with Gasteiger partial charge in [0.15, 0.2) is 5.78 Å². The van der Waals surface area contributed by atoms with Gasteiger partial charge in [-0.05, 0) is 62.0 Å². The number of ketones is 1. The Labute approximate surface area is 133 Å². The summed E-state index contributed by atoms with van der Waals surface area (Å²) in [6, 6.07) is 8.26. The highest BCUT2D eigenvalue weighted by Gasteiger charge is 2.20. The fourth-order valence-electron chi connectivity index (χ4n) is 2.67. The Morgan fingerprint density at radius 3 is 2.32 bits per heavy atom. The fourth-order valence-corrected chi connectivity index (χ4v) is 2.67. The van der Waals surface area contributed by atoms with E-state index in [2.05, 4.69) is 44.7 Å². The van der Waals surface area contributed by atoms with Gasteiger partial charge in [0, 0.05) is 0 Å². The number of allylic oxidation sites excluding steroid dienone is 2. The van der Waals surface area contributed by atoms with Crippen molar-refractivity contribution in [2.45, 2.75) is 34.1 Å². The summed E-state index contributed by atoms with van der Waals surface area (Å²) in [7, 11) is 0. The van der Waals surface area contributed by atoms with Crippen LogP contribution in [0, 0.1) is 6.92 Å². The molecule has 1 aromatic rings. The molecular weight excluding hydrogens is 272 g/mol. The second-order valence-electron chi connectivity index (χ2n) is 5.96. The van der Waals surface area contributed by atoms with Crippen molar-refractivity contribution in [3.8, 4) is 0 Å². The van der Waals surface area contributed by atoms with E-state index in [0.29, 0.717) is 6.61 Å². The lowest BCUT2D eigenvalue weighted by atomic mass is 9.85. The third-order valence-corrected chi connectivity index (χ3v) is 4.29. The number of carbonyl (C=O) groups excluding carboxylic acids is 1. The van der Waals surface area contributed by atoms with Gasteiger partial charge in [0.2, 0.25) is 0 Å². The minimum Gasteiger partial charge on any atom is -0.376 e. The minimum absolute atomic E-state index is 0.0779. The summed E-state index contributed by atoms with van der Waals surface area (Å²) in [5.41, 5.74) is 7.26. The largest absolute Gasteiger partial charge is 0.376 e. The molecule has 2 nitrogen and oxygen atoms in total. The number of hydrogen-bond donors (Lipinski definition) is 0. The Bertz CT molecular complexity index is 657. The third kappa shape index (κ3) is 3.45. The minimum atomic E-state index is 0.0779. The molecule has 0 saturated carbocycles. The van der Waals surface area contributed by atoms with Gasteiger partial charge >= 0.3 is 0 Å². The van der Waals surface area contributed by atoms with E-state index in [-0.39, 0.29) is 5.78 Å². The van der Waals surface area contributed by atoms with E-state index in [9.17, 15) is 4.79 Å². The van der Waals surface area contributed by atoms with Crippen LogP contribution in [0.4, 0.5) is 0 Å². The molecule has 1 aromatic carbocycles. The van der Waals surface area contributed by atoms with Crippen molar-refractivity contribution in [2.75, 3.05) is 13.2 Å². The Kier molecular flexibility index (Phi) is 5.15. The number of ether oxygens (including phenoxy) is 1. The Morgan fingerprint density at radius 2 is 1.77 bits per heavy atom. The van der Waals surface area contributed by atoms with Crippen LogP contribution in [0.15, 0.2) is 53.1 Å². The summed E-state index contributed by atoms with van der Waals surface area (Å²) >= 11 is 0. The highest BCUT2D eigenvalue weighted by Crippen LogP contribution is 2.34. The SMILES string of the molecule is C=C(/C(C1=C(C)CCOC1)=C(/C)C(C)=O)c1ccc(C)cc1. The van der Waals surface area contributed by atoms with E-state index in [4.69, 9.17) is 4.74 Å². The first-order valence-electron chi connectivity index (χ1n) is 7.66. The first-order chi connectivity index (χ1) is 10.4. The molecule has 2 rings (SSSR count). The number of rotatable bonds is 4. The normalized spacial score (nSPS) is 16.4. The maximum absolute atomic E-state index is 12.0. The zero-order chi connectivity index (χ0) is 16.3. The van der Waals surface area contributed by atoms with E-state index in [1.165, 1.54) is 11.1 Å². The molecule has 0 radical (unpaired) electrons. The Morgan fingerprint density at radius 1 is 1.14 bits per heavy atom. The van der Waals surface area contributed by atoms with Crippen LogP contribution in [0.2, 0.25) is 0 Å². The predicted molar refractivity (Wildman–Crippen MR) is 91.7 cm³/mol. The van der Waals surface area contributed by atoms with Crippen LogP contribution >= 0.6 is 0 Å². The van der Waals surface area contributed by atoms with Gasteiger partial charge in [0.25, 0.3) is 0 Å². The van der Waals surface area contributed by atoms with Gasteiger partial charge in [-0.15, -0.1) is 0 Å². The first-order valence-corrected chi connectivity index (χ1v) is 7.66. The molecule has 0 aliphatic carbocycles. The van der Waals surface area contributed by atoms with Crippen LogP contribution in [0.3, 0.4) is 0 Å². The molecule has 0 N–H and O–H groups in total. The molecule has 1 heterocycles. The van der Waals surface area contributed by atoms with Gasteiger partial charge in [-0.25, -0.2) is 0 Å². The van der Waals surface area contributed by atoms with E-state index in [0.717, 1.165) is 40.9 Å². The second kappa shape index (κ2) is 6.89. The summed E-state index contributed by atoms with van der Waals surface area (Å²) in [6.45, 7) is 13.2. The van der Waals surface area contributed by atoms with Crippen molar-refractivity contribution in [3.05, 3.63) is 64.3 Å². The fraction of sp³-hybridized carbons (Fsp3) is 0.350. The number of aryl methyl sites for hydroxylation is 1. The highest BCUT2D eigenvalue weighted by atomic mass is 16.5. The first kappa shape index (κ1) is 16.4. The van der Waals surface area contributed by atoms with Crippen molar-refractivity contribution >= 4 is 11.4 Å². The standard InChI is InChI=1S/C20H24O2/c1-13-6-8-18(9-7-13)16(4)20(15(3)17(5)21)19-12-22-11-10-14(19)2/h6-9H,4,10-12H2,1-3,5H3/b20-15+. The van der Waals surface area contributed by atoms with Crippen LogP contribution in [-0.2, 0) is 9.53 Å². The predicted octanol–water partition coefficient (Wildman–Crippen LogP) is 4.65. The topological polar surface area (TPSA) is 26.3 Å². The lowest BCUT2D eigenvalue weighted by molar-refractivity contribution is -0.113. The van der Waals surface area contributed by atoms with Crippen molar-refractivity contribution in [3.63, 3.8) is 0 Å². The highest BCUT2D eigenvalue weighted by molar-refractivity contribution is 6.00. The average molecular weight is 296 g/mol. The molecule has 0 aromatic heterocycles. The molecule has 0 unspecified atom stereocenters. The van der Waals surface area contributed by atoms with E-state index >= 15 is 0 Å². The van der Waals surface area contributed by atoms with Gasteiger partial charge in [0.05, 0.1) is 13.2 Å². The molecule has 22 heavy (non-hydrogen) atoms. The Hall–Kier alpha value is -1.93. The smallest absolute Gasteiger partial charge is 0.156 e. The van der Waals surface area contributed by atoms with Crippen LogP contribution < -0.4 is 0 Å². The van der Waals surface area contributed by atoms with Crippen molar-refractivity contribution < 1.29 is 9.53 Å². The summed E-state index contributed by atoms with van der Waals surface area (Å²) in [5.74, 6) is 0.0779. The van der Waals surface area contributed by atoms with Gasteiger partial charge in [0.1, 0.15) is 0 Å². The number of Topliss-reactive ketones (excluding diaryl/α,β-unsaturated/α-hetero) is 1. The average Bonchev–Trinajstić information content (AvgIpc) is 2.49. The van der Waals surface area contributed by atoms with Crippen molar-refractivity contribution in [1.82, 2.24) is 0 Å². The lowest BCUT2D eigenvalue weighted by Crippen LogP contribution is -2.14. The van der Waals surface area contributed by atoms with Crippen LogP contribution in [0.25, 0.3) is 5.57 Å². The molecule has 1 aliphatic rings. The number of benzene rings is 1. The summed E-state index contributed by atoms with van der Waals surface area (Å²) < 4.78 is 5.62. The van der Waals surface area contributed by atoms with Crippen LogP contribution in [0.5, 0.6) is 0 Å². The number of carbonyl (C=O) groups is 1. The number of hydrogen-bond acceptors (Lipinski definition) is 2. The third-order valence-electron chi connectivity index (χ3n) is 4.29. The molecular formula is C20H24O2. The van der Waals surface area contributed by atoms with Crippen molar-refractivity contribution in [1.29, 1.82) is 0 Å². The van der Waals surface area contributed by atoms with Gasteiger partial charge in [-0.1, -0.05) is 42.0 Å². The zero-order valence-corrected chi connectivity index (χ0v) is 14.0. The molecule has 0 saturated heterocycles. The molecule has 116 valence electrons. The maximum atomic E-state index is 12.0. The summed E-state index contributed by atoms with van der Waals surface area (Å²) in [4.78, 5) is 12.0. The van der Waals surface area contributed by atoms with E-state index < -0.39 is 0 Å².